The third-order valence-corrected chi connectivity index (χ3v) is 1.84. The summed E-state index contributed by atoms with van der Waals surface area (Å²) in [7, 11) is 0. The molecule has 2 aromatic heterocycles. The third kappa shape index (κ3) is 1.61. The fourth-order valence-corrected chi connectivity index (χ4v) is 1.16. The van der Waals surface area contributed by atoms with E-state index < -0.39 is 5.97 Å². The van der Waals surface area contributed by atoms with Gasteiger partial charge in [0.15, 0.2) is 5.69 Å². The van der Waals surface area contributed by atoms with Crippen LogP contribution in [0.25, 0.3) is 11.7 Å². The van der Waals surface area contributed by atoms with Gasteiger partial charge >= 0.3 is 5.97 Å². The second-order valence-corrected chi connectivity index (χ2v) is 3.06. The Balaban J connectivity index is 2.46. The third-order valence-electron chi connectivity index (χ3n) is 1.84. The van der Waals surface area contributed by atoms with Gasteiger partial charge in [0.2, 0.25) is 5.76 Å². The second-order valence-electron chi connectivity index (χ2n) is 3.06. The van der Waals surface area contributed by atoms with E-state index in [9.17, 15) is 4.79 Å². The topological polar surface area (TPSA) is 89.4 Å². The van der Waals surface area contributed by atoms with E-state index in [1.54, 1.807) is 13.0 Å². The molecule has 0 amide bonds. The van der Waals surface area contributed by atoms with Crippen LogP contribution in [0.3, 0.4) is 0 Å². The van der Waals surface area contributed by atoms with Gasteiger partial charge in [-0.1, -0.05) is 5.16 Å². The number of aromatic carboxylic acids is 1. The van der Waals surface area contributed by atoms with Gasteiger partial charge in [0.05, 0.1) is 5.69 Å². The van der Waals surface area contributed by atoms with Crippen LogP contribution in [0.4, 0.5) is 0 Å². The Morgan fingerprint density at radius 1 is 1.47 bits per heavy atom. The lowest BCUT2D eigenvalue weighted by Crippen LogP contribution is -1.98. The van der Waals surface area contributed by atoms with Gasteiger partial charge in [-0.15, -0.1) is 0 Å². The van der Waals surface area contributed by atoms with Crippen molar-refractivity contribution in [3.63, 3.8) is 0 Å². The molecule has 2 aromatic rings. The van der Waals surface area contributed by atoms with E-state index in [-0.39, 0.29) is 17.3 Å². The lowest BCUT2D eigenvalue weighted by Gasteiger charge is -1.83. The molecule has 0 aromatic carbocycles. The maximum atomic E-state index is 10.7. The van der Waals surface area contributed by atoms with Crippen molar-refractivity contribution in [3.8, 4) is 11.7 Å². The number of oxazole rings is 1. The molecule has 2 heterocycles. The van der Waals surface area contributed by atoms with Crippen LogP contribution in [0.5, 0.6) is 0 Å². The van der Waals surface area contributed by atoms with E-state index in [4.69, 9.17) is 14.0 Å². The average Bonchev–Trinajstić information content (AvgIpc) is 2.71. The van der Waals surface area contributed by atoms with Crippen molar-refractivity contribution in [1.82, 2.24) is 10.1 Å². The van der Waals surface area contributed by atoms with Crippen LogP contribution in [0.2, 0.25) is 0 Å². The molecule has 78 valence electrons. The zero-order valence-electron chi connectivity index (χ0n) is 8.14. The van der Waals surface area contributed by atoms with E-state index >= 15 is 0 Å². The summed E-state index contributed by atoms with van der Waals surface area (Å²) in [5.41, 5.74) is 0.566. The van der Waals surface area contributed by atoms with Crippen LogP contribution in [0.1, 0.15) is 21.9 Å². The van der Waals surface area contributed by atoms with Crippen molar-refractivity contribution in [3.05, 3.63) is 23.2 Å². The first-order chi connectivity index (χ1) is 7.08. The molecule has 6 nitrogen and oxygen atoms in total. The molecule has 2 rings (SSSR count). The minimum absolute atomic E-state index is 0.112. The lowest BCUT2D eigenvalue weighted by molar-refractivity contribution is 0.0689. The van der Waals surface area contributed by atoms with Crippen molar-refractivity contribution in [2.24, 2.45) is 0 Å². The molecule has 6 heteroatoms. The van der Waals surface area contributed by atoms with Gasteiger partial charge in [0.1, 0.15) is 5.76 Å². The number of nitrogens with zero attached hydrogens (tertiary/aromatic N) is 2. The highest BCUT2D eigenvalue weighted by Crippen LogP contribution is 2.22. The molecule has 1 N–H and O–H groups in total. The molecule has 0 unspecified atom stereocenters. The quantitative estimate of drug-likeness (QED) is 0.806. The largest absolute Gasteiger partial charge is 0.476 e. The zero-order chi connectivity index (χ0) is 11.0. The monoisotopic (exact) mass is 208 g/mol. The van der Waals surface area contributed by atoms with E-state index in [1.807, 2.05) is 0 Å². The first-order valence-corrected chi connectivity index (χ1v) is 4.22. The summed E-state index contributed by atoms with van der Waals surface area (Å²) in [4.78, 5) is 14.5. The molecule has 0 saturated heterocycles. The Bertz CT molecular complexity index is 512. The maximum Gasteiger partial charge on any atom is 0.358 e. The average molecular weight is 208 g/mol. The molecule has 0 saturated carbocycles. The highest BCUT2D eigenvalue weighted by molar-refractivity contribution is 5.86. The van der Waals surface area contributed by atoms with Crippen molar-refractivity contribution < 1.29 is 18.8 Å². The molecule has 0 aliphatic heterocycles. The summed E-state index contributed by atoms with van der Waals surface area (Å²) in [6.45, 7) is 3.28. The van der Waals surface area contributed by atoms with Gasteiger partial charge in [0, 0.05) is 6.07 Å². The lowest BCUT2D eigenvalue weighted by atomic mass is 10.4. The summed E-state index contributed by atoms with van der Waals surface area (Å²) < 4.78 is 10.0. The van der Waals surface area contributed by atoms with E-state index in [0.29, 0.717) is 11.5 Å². The van der Waals surface area contributed by atoms with E-state index in [0.717, 1.165) is 0 Å². The summed E-state index contributed by atoms with van der Waals surface area (Å²) in [6, 6.07) is 1.62. The Labute approximate surface area is 84.5 Å². The summed E-state index contributed by atoms with van der Waals surface area (Å²) in [5, 5.41) is 12.4. The molecule has 0 aliphatic carbocycles. The zero-order valence-corrected chi connectivity index (χ0v) is 8.14. The minimum atomic E-state index is -1.13. The molecule has 0 fully saturated rings. The smallest absolute Gasteiger partial charge is 0.358 e. The Morgan fingerprint density at radius 2 is 2.20 bits per heavy atom. The van der Waals surface area contributed by atoms with Gasteiger partial charge in [-0.3, -0.25) is 0 Å². The number of aromatic nitrogens is 2. The molecular formula is C9H8N2O4. The van der Waals surface area contributed by atoms with E-state index in [2.05, 4.69) is 10.1 Å². The predicted molar refractivity (Wildman–Crippen MR) is 48.4 cm³/mol. The molecule has 0 aliphatic rings. The van der Waals surface area contributed by atoms with Gasteiger partial charge in [-0.2, -0.15) is 4.98 Å². The number of hydrogen-bond acceptors (Lipinski definition) is 5. The minimum Gasteiger partial charge on any atom is -0.476 e. The van der Waals surface area contributed by atoms with Crippen LogP contribution >= 0.6 is 0 Å². The SMILES string of the molecule is Cc1cc(-c2nc(C(=O)O)c(C)o2)on1. The first kappa shape index (κ1) is 9.45. The van der Waals surface area contributed by atoms with Crippen LogP contribution in [0, 0.1) is 13.8 Å². The summed E-state index contributed by atoms with van der Waals surface area (Å²) >= 11 is 0. The van der Waals surface area contributed by atoms with Gasteiger partial charge in [0.25, 0.3) is 5.89 Å². The highest BCUT2D eigenvalue weighted by Gasteiger charge is 2.19. The normalized spacial score (nSPS) is 10.5. The number of rotatable bonds is 2. The number of aryl methyl sites for hydroxylation is 2. The number of carbonyl (C=O) groups is 1. The maximum absolute atomic E-state index is 10.7. The first-order valence-electron chi connectivity index (χ1n) is 4.22. The molecule has 0 radical (unpaired) electrons. The molecule has 0 bridgehead atoms. The Hall–Kier alpha value is -2.11. The van der Waals surface area contributed by atoms with Crippen LogP contribution in [0.15, 0.2) is 15.0 Å². The number of carboxylic acids is 1. The van der Waals surface area contributed by atoms with Gasteiger partial charge in [-0.25, -0.2) is 4.79 Å². The fourth-order valence-electron chi connectivity index (χ4n) is 1.16. The van der Waals surface area contributed by atoms with Gasteiger partial charge in [-0.05, 0) is 13.8 Å². The Kier molecular flexibility index (Phi) is 2.03. The Morgan fingerprint density at radius 3 is 2.67 bits per heavy atom. The molecule has 0 spiro atoms. The molecule has 15 heavy (non-hydrogen) atoms. The predicted octanol–water partition coefficient (Wildman–Crippen LogP) is 1.64. The summed E-state index contributed by atoms with van der Waals surface area (Å²) in [6.07, 6.45) is 0. The van der Waals surface area contributed by atoms with Crippen molar-refractivity contribution in [2.45, 2.75) is 13.8 Å². The molecule has 0 atom stereocenters. The summed E-state index contributed by atoms with van der Waals surface area (Å²) in [5.74, 6) is -0.432. The van der Waals surface area contributed by atoms with E-state index in [1.165, 1.54) is 6.92 Å². The van der Waals surface area contributed by atoms with Crippen molar-refractivity contribution >= 4 is 5.97 Å². The second kappa shape index (κ2) is 3.23. The number of hydrogen-bond donors (Lipinski definition) is 1. The number of carboxylic acid groups (broad SMARTS) is 1. The highest BCUT2D eigenvalue weighted by atomic mass is 16.5. The van der Waals surface area contributed by atoms with Crippen LogP contribution in [-0.2, 0) is 0 Å². The molecular weight excluding hydrogens is 200 g/mol. The van der Waals surface area contributed by atoms with Crippen LogP contribution < -0.4 is 0 Å². The standard InChI is InChI=1S/C9H8N2O4/c1-4-3-6(15-11-4)8-10-7(9(12)13)5(2)14-8/h3H,1-2H3,(H,12,13). The van der Waals surface area contributed by atoms with Crippen molar-refractivity contribution in [2.75, 3.05) is 0 Å². The fraction of sp³-hybridized carbons (Fsp3) is 0.222. The van der Waals surface area contributed by atoms with Crippen LogP contribution in [-0.4, -0.2) is 21.2 Å². The van der Waals surface area contributed by atoms with Gasteiger partial charge < -0.3 is 14.0 Å². The van der Waals surface area contributed by atoms with Crippen molar-refractivity contribution in [1.29, 1.82) is 0 Å².